The molecule has 0 aromatic rings. The van der Waals surface area contributed by atoms with Gasteiger partial charge in [-0.25, -0.2) is 0 Å². The van der Waals surface area contributed by atoms with Crippen molar-refractivity contribution in [2.75, 3.05) is 6.54 Å². The molecule has 0 aromatic heterocycles. The highest BCUT2D eigenvalue weighted by atomic mass is 16.1. The van der Waals surface area contributed by atoms with Gasteiger partial charge in [0.25, 0.3) is 0 Å². The van der Waals surface area contributed by atoms with E-state index < -0.39 is 0 Å². The average Bonchev–Trinajstić information content (AvgIpc) is 2.11. The second kappa shape index (κ2) is 5.97. The molecule has 0 fully saturated rings. The summed E-state index contributed by atoms with van der Waals surface area (Å²) in [6.45, 7) is 8.63. The summed E-state index contributed by atoms with van der Waals surface area (Å²) in [5, 5.41) is 2.85. The zero-order valence-electron chi connectivity index (χ0n) is 9.13. The Kier molecular flexibility index (Phi) is 5.71. The van der Waals surface area contributed by atoms with E-state index in [1.54, 1.807) is 0 Å². The van der Waals surface area contributed by atoms with Crippen LogP contribution in [0.3, 0.4) is 0 Å². The molecule has 2 unspecified atom stereocenters. The van der Waals surface area contributed by atoms with E-state index in [0.717, 1.165) is 6.42 Å². The van der Waals surface area contributed by atoms with Crippen molar-refractivity contribution in [2.24, 2.45) is 17.6 Å². The van der Waals surface area contributed by atoms with Crippen LogP contribution >= 0.6 is 0 Å². The lowest BCUT2D eigenvalue weighted by Crippen LogP contribution is -2.42. The van der Waals surface area contributed by atoms with Gasteiger partial charge in [0.15, 0.2) is 0 Å². The van der Waals surface area contributed by atoms with Gasteiger partial charge in [0, 0.05) is 18.5 Å². The molecular weight excluding hydrogens is 164 g/mol. The number of carbonyl (C=O) groups excluding carboxylic acids is 1. The predicted octanol–water partition coefficient (Wildman–Crippen LogP) is 1.13. The van der Waals surface area contributed by atoms with Gasteiger partial charge < -0.3 is 11.1 Å². The van der Waals surface area contributed by atoms with E-state index in [-0.39, 0.29) is 17.9 Å². The second-order valence-corrected chi connectivity index (χ2v) is 3.96. The van der Waals surface area contributed by atoms with Crippen LogP contribution in [0.2, 0.25) is 0 Å². The van der Waals surface area contributed by atoms with Crippen LogP contribution in [0.5, 0.6) is 0 Å². The van der Waals surface area contributed by atoms with E-state index in [9.17, 15) is 4.79 Å². The number of nitrogens with two attached hydrogens (primary N) is 1. The fraction of sp³-hybridized carbons (Fsp3) is 0.900. The van der Waals surface area contributed by atoms with Crippen LogP contribution in [0, 0.1) is 11.8 Å². The third-order valence-corrected chi connectivity index (χ3v) is 2.43. The predicted molar refractivity (Wildman–Crippen MR) is 55.3 cm³/mol. The van der Waals surface area contributed by atoms with Gasteiger partial charge in [-0.1, -0.05) is 27.7 Å². The lowest BCUT2D eigenvalue weighted by atomic mass is 10.0. The number of amides is 1. The highest BCUT2D eigenvalue weighted by molar-refractivity contribution is 5.78. The Labute approximate surface area is 81.1 Å². The highest BCUT2D eigenvalue weighted by Gasteiger charge is 2.12. The summed E-state index contributed by atoms with van der Waals surface area (Å²) < 4.78 is 0. The number of hydrogen-bond acceptors (Lipinski definition) is 2. The zero-order chi connectivity index (χ0) is 10.4. The molecule has 3 heteroatoms. The lowest BCUT2D eigenvalue weighted by Gasteiger charge is -2.17. The average molecular weight is 186 g/mol. The van der Waals surface area contributed by atoms with Crippen molar-refractivity contribution in [3.63, 3.8) is 0 Å². The number of hydrogen-bond donors (Lipinski definition) is 2. The summed E-state index contributed by atoms with van der Waals surface area (Å²) in [5.74, 6) is 0.621. The van der Waals surface area contributed by atoms with E-state index >= 15 is 0 Å². The standard InChI is InChI=1S/C10H22N2O/c1-5-8(4)10(13)12-6-9(11)7(2)3/h7-9H,5-6,11H2,1-4H3,(H,12,13). The quantitative estimate of drug-likeness (QED) is 0.676. The molecule has 78 valence electrons. The van der Waals surface area contributed by atoms with Crippen LogP contribution in [-0.4, -0.2) is 18.5 Å². The molecule has 0 bridgehead atoms. The Morgan fingerprint density at radius 2 is 1.92 bits per heavy atom. The first kappa shape index (κ1) is 12.4. The molecule has 0 aliphatic rings. The van der Waals surface area contributed by atoms with Crippen molar-refractivity contribution in [3.8, 4) is 0 Å². The Morgan fingerprint density at radius 3 is 2.31 bits per heavy atom. The van der Waals surface area contributed by atoms with Gasteiger partial charge in [0.2, 0.25) is 5.91 Å². The topological polar surface area (TPSA) is 55.1 Å². The molecule has 3 N–H and O–H groups in total. The molecular formula is C10H22N2O. The molecule has 0 radical (unpaired) electrons. The fourth-order valence-electron chi connectivity index (χ4n) is 0.814. The summed E-state index contributed by atoms with van der Waals surface area (Å²) >= 11 is 0. The minimum atomic E-state index is 0.0630. The van der Waals surface area contributed by atoms with Gasteiger partial charge in [0.1, 0.15) is 0 Å². The minimum Gasteiger partial charge on any atom is -0.354 e. The first-order valence-corrected chi connectivity index (χ1v) is 5.02. The van der Waals surface area contributed by atoms with Crippen LogP contribution in [-0.2, 0) is 4.79 Å². The van der Waals surface area contributed by atoms with Crippen molar-refractivity contribution < 1.29 is 4.79 Å². The maximum absolute atomic E-state index is 11.3. The molecule has 1 amide bonds. The first-order chi connectivity index (χ1) is 5.99. The summed E-state index contributed by atoms with van der Waals surface area (Å²) in [6, 6.07) is 0.0630. The van der Waals surface area contributed by atoms with Gasteiger partial charge in [-0.3, -0.25) is 4.79 Å². The monoisotopic (exact) mass is 186 g/mol. The molecule has 0 aliphatic carbocycles. The summed E-state index contributed by atoms with van der Waals surface area (Å²) in [5.41, 5.74) is 5.79. The van der Waals surface area contributed by atoms with E-state index in [2.05, 4.69) is 19.2 Å². The van der Waals surface area contributed by atoms with Crippen LogP contribution in [0.25, 0.3) is 0 Å². The van der Waals surface area contributed by atoms with Crippen molar-refractivity contribution in [3.05, 3.63) is 0 Å². The summed E-state index contributed by atoms with van der Waals surface area (Å²) in [6.07, 6.45) is 0.878. The first-order valence-electron chi connectivity index (χ1n) is 5.02. The van der Waals surface area contributed by atoms with Crippen LogP contribution in [0.1, 0.15) is 34.1 Å². The van der Waals surface area contributed by atoms with Crippen LogP contribution in [0.15, 0.2) is 0 Å². The van der Waals surface area contributed by atoms with E-state index in [1.807, 2.05) is 13.8 Å². The maximum Gasteiger partial charge on any atom is 0.222 e. The fourth-order valence-corrected chi connectivity index (χ4v) is 0.814. The summed E-state index contributed by atoms with van der Waals surface area (Å²) in [4.78, 5) is 11.3. The molecule has 0 saturated carbocycles. The Balaban J connectivity index is 3.70. The van der Waals surface area contributed by atoms with Gasteiger partial charge in [-0.15, -0.1) is 0 Å². The normalized spacial score (nSPS) is 15.5. The second-order valence-electron chi connectivity index (χ2n) is 3.96. The molecule has 0 aromatic carbocycles. The number of rotatable bonds is 5. The number of nitrogens with one attached hydrogen (secondary N) is 1. The molecule has 2 atom stereocenters. The van der Waals surface area contributed by atoms with Crippen LogP contribution in [0.4, 0.5) is 0 Å². The SMILES string of the molecule is CCC(C)C(=O)NCC(N)C(C)C. The number of carbonyl (C=O) groups is 1. The van der Waals surface area contributed by atoms with Crippen LogP contribution < -0.4 is 11.1 Å². The Morgan fingerprint density at radius 1 is 1.38 bits per heavy atom. The molecule has 0 aliphatic heterocycles. The van der Waals surface area contributed by atoms with Crippen molar-refractivity contribution >= 4 is 5.91 Å². The van der Waals surface area contributed by atoms with E-state index in [0.29, 0.717) is 12.5 Å². The van der Waals surface area contributed by atoms with Gasteiger partial charge in [-0.2, -0.15) is 0 Å². The molecule has 0 saturated heterocycles. The van der Waals surface area contributed by atoms with Crippen molar-refractivity contribution in [2.45, 2.75) is 40.2 Å². The lowest BCUT2D eigenvalue weighted by molar-refractivity contribution is -0.124. The smallest absolute Gasteiger partial charge is 0.222 e. The highest BCUT2D eigenvalue weighted by Crippen LogP contribution is 2.01. The van der Waals surface area contributed by atoms with E-state index in [1.165, 1.54) is 0 Å². The third kappa shape index (κ3) is 4.88. The van der Waals surface area contributed by atoms with Crippen molar-refractivity contribution in [1.29, 1.82) is 0 Å². The molecule has 3 nitrogen and oxygen atoms in total. The minimum absolute atomic E-state index is 0.0630. The van der Waals surface area contributed by atoms with Gasteiger partial charge >= 0.3 is 0 Å². The zero-order valence-corrected chi connectivity index (χ0v) is 9.13. The Bertz CT molecular complexity index is 157. The summed E-state index contributed by atoms with van der Waals surface area (Å²) in [7, 11) is 0. The molecule has 0 heterocycles. The van der Waals surface area contributed by atoms with Crippen molar-refractivity contribution in [1.82, 2.24) is 5.32 Å². The third-order valence-electron chi connectivity index (χ3n) is 2.43. The Hall–Kier alpha value is -0.570. The van der Waals surface area contributed by atoms with Gasteiger partial charge in [-0.05, 0) is 12.3 Å². The molecule has 0 rings (SSSR count). The maximum atomic E-state index is 11.3. The molecule has 13 heavy (non-hydrogen) atoms. The van der Waals surface area contributed by atoms with E-state index in [4.69, 9.17) is 5.73 Å². The largest absolute Gasteiger partial charge is 0.354 e. The van der Waals surface area contributed by atoms with Gasteiger partial charge in [0.05, 0.1) is 0 Å². The molecule has 0 spiro atoms.